The largest absolute Gasteiger partial charge is 0.493 e. The maximum absolute atomic E-state index is 13.7. The monoisotopic (exact) mass is 302 g/mol. The van der Waals surface area contributed by atoms with Gasteiger partial charge in [-0.15, -0.1) is 0 Å². The van der Waals surface area contributed by atoms with Crippen molar-refractivity contribution in [1.82, 2.24) is 5.01 Å². The number of hydrazone groups is 1. The number of benzene rings is 2. The minimum atomic E-state index is -0.291. The summed E-state index contributed by atoms with van der Waals surface area (Å²) in [6.07, 6.45) is 1.68. The molecule has 2 aromatic carbocycles. The zero-order chi connectivity index (χ0) is 15.9. The maximum atomic E-state index is 13.7. The van der Waals surface area contributed by atoms with Gasteiger partial charge in [-0.25, -0.2) is 4.39 Å². The van der Waals surface area contributed by atoms with E-state index in [1.165, 1.54) is 6.07 Å². The fourth-order valence-corrected chi connectivity index (χ4v) is 1.89. The Bertz CT molecular complexity index is 657. The minimum Gasteiger partial charge on any atom is -0.493 e. The third kappa shape index (κ3) is 3.97. The molecule has 4 nitrogen and oxygen atoms in total. The van der Waals surface area contributed by atoms with Crippen LogP contribution in [0.3, 0.4) is 0 Å². The van der Waals surface area contributed by atoms with Crippen molar-refractivity contribution in [3.63, 3.8) is 0 Å². The van der Waals surface area contributed by atoms with E-state index in [2.05, 4.69) is 5.10 Å². The highest BCUT2D eigenvalue weighted by molar-refractivity contribution is 5.84. The molecule has 0 spiro atoms. The van der Waals surface area contributed by atoms with Crippen molar-refractivity contribution in [3.05, 3.63) is 59.4 Å². The molecular weight excluding hydrogens is 283 g/mol. The van der Waals surface area contributed by atoms with Crippen LogP contribution in [0.4, 0.5) is 4.39 Å². The summed E-state index contributed by atoms with van der Waals surface area (Å²) in [7, 11) is 5.23. The molecule has 0 bridgehead atoms. The highest BCUT2D eigenvalue weighted by Gasteiger charge is 2.11. The molecule has 0 fully saturated rings. The molecule has 0 aromatic heterocycles. The fraction of sp³-hybridized carbons (Fsp3) is 0.235. The first-order chi connectivity index (χ1) is 10.6. The summed E-state index contributed by atoms with van der Waals surface area (Å²) in [6.45, 7) is 0.121. The van der Waals surface area contributed by atoms with Gasteiger partial charge in [0.2, 0.25) is 0 Å². The maximum Gasteiger partial charge on any atom is 0.170 e. The van der Waals surface area contributed by atoms with E-state index in [1.54, 1.807) is 42.6 Å². The van der Waals surface area contributed by atoms with Crippen molar-refractivity contribution in [2.45, 2.75) is 6.61 Å². The van der Waals surface area contributed by atoms with Crippen LogP contribution in [0.5, 0.6) is 11.5 Å². The number of nitrogens with zero attached hydrogens (tertiary/aromatic N) is 2. The first-order valence-electron chi connectivity index (χ1n) is 6.86. The van der Waals surface area contributed by atoms with Gasteiger partial charge in [0, 0.05) is 25.2 Å². The van der Waals surface area contributed by atoms with Gasteiger partial charge < -0.3 is 14.5 Å². The highest BCUT2D eigenvalue weighted by Crippen LogP contribution is 2.31. The zero-order valence-electron chi connectivity index (χ0n) is 12.9. The topological polar surface area (TPSA) is 34.1 Å². The van der Waals surface area contributed by atoms with Crippen LogP contribution in [0.2, 0.25) is 0 Å². The number of methoxy groups -OCH3 is 1. The van der Waals surface area contributed by atoms with E-state index in [-0.39, 0.29) is 12.4 Å². The van der Waals surface area contributed by atoms with E-state index in [0.717, 1.165) is 5.56 Å². The molecule has 2 aromatic rings. The first kappa shape index (κ1) is 15.8. The summed E-state index contributed by atoms with van der Waals surface area (Å²) in [5.74, 6) is 0.832. The molecule has 0 heterocycles. The second-order valence-corrected chi connectivity index (χ2v) is 4.85. The predicted molar refractivity (Wildman–Crippen MR) is 85.0 cm³/mol. The number of hydrogen-bond donors (Lipinski definition) is 0. The summed E-state index contributed by atoms with van der Waals surface area (Å²) in [5.41, 5.74) is 1.26. The molecule has 2 rings (SSSR count). The molecule has 0 aliphatic carbocycles. The van der Waals surface area contributed by atoms with Crippen molar-refractivity contribution in [3.8, 4) is 11.5 Å². The lowest BCUT2D eigenvalue weighted by Gasteiger charge is -2.14. The number of ether oxygens (including phenoxy) is 2. The zero-order valence-corrected chi connectivity index (χ0v) is 12.9. The van der Waals surface area contributed by atoms with Gasteiger partial charge in [-0.3, -0.25) is 0 Å². The summed E-state index contributed by atoms with van der Waals surface area (Å²) >= 11 is 0. The van der Waals surface area contributed by atoms with Crippen LogP contribution >= 0.6 is 0 Å². The van der Waals surface area contributed by atoms with Gasteiger partial charge in [0.15, 0.2) is 11.5 Å². The van der Waals surface area contributed by atoms with Crippen molar-refractivity contribution in [1.29, 1.82) is 0 Å². The molecule has 22 heavy (non-hydrogen) atoms. The second-order valence-electron chi connectivity index (χ2n) is 4.85. The van der Waals surface area contributed by atoms with Gasteiger partial charge in [0.25, 0.3) is 0 Å². The minimum absolute atomic E-state index is 0.121. The summed E-state index contributed by atoms with van der Waals surface area (Å²) in [6, 6.07) is 12.0. The first-order valence-corrected chi connectivity index (χ1v) is 6.86. The van der Waals surface area contributed by atoms with Crippen LogP contribution in [-0.4, -0.2) is 32.4 Å². The molecule has 0 amide bonds. The molecule has 0 radical (unpaired) electrons. The molecule has 5 heteroatoms. The van der Waals surface area contributed by atoms with Crippen molar-refractivity contribution < 1.29 is 13.9 Å². The molecule has 0 N–H and O–H groups in total. The quantitative estimate of drug-likeness (QED) is 0.606. The highest BCUT2D eigenvalue weighted by atomic mass is 19.1. The standard InChI is InChI=1S/C17H19FN2O2/c1-20(2)19-11-13-8-6-10-16(21-3)17(13)22-12-14-7-4-5-9-15(14)18/h4-11H,12H2,1-3H3/b19-11+. The van der Waals surface area contributed by atoms with E-state index in [1.807, 2.05) is 26.2 Å². The van der Waals surface area contributed by atoms with E-state index >= 15 is 0 Å². The lowest BCUT2D eigenvalue weighted by Crippen LogP contribution is -2.05. The van der Waals surface area contributed by atoms with Crippen LogP contribution in [0.15, 0.2) is 47.6 Å². The molecule has 0 atom stereocenters. The van der Waals surface area contributed by atoms with Crippen LogP contribution in [0.25, 0.3) is 0 Å². The van der Waals surface area contributed by atoms with Crippen molar-refractivity contribution in [2.24, 2.45) is 5.10 Å². The normalized spacial score (nSPS) is 10.7. The van der Waals surface area contributed by atoms with E-state index < -0.39 is 0 Å². The van der Waals surface area contributed by atoms with Crippen LogP contribution < -0.4 is 9.47 Å². The lowest BCUT2D eigenvalue weighted by atomic mass is 10.2. The Balaban J connectivity index is 2.26. The third-order valence-electron chi connectivity index (χ3n) is 2.99. The van der Waals surface area contributed by atoms with Crippen LogP contribution in [-0.2, 0) is 6.61 Å². The Morgan fingerprint density at radius 3 is 2.59 bits per heavy atom. The molecule has 116 valence electrons. The smallest absolute Gasteiger partial charge is 0.170 e. The van der Waals surface area contributed by atoms with Crippen molar-refractivity contribution >= 4 is 6.21 Å². The fourth-order valence-electron chi connectivity index (χ4n) is 1.89. The van der Waals surface area contributed by atoms with E-state index in [4.69, 9.17) is 9.47 Å². The van der Waals surface area contributed by atoms with E-state index in [0.29, 0.717) is 17.1 Å². The van der Waals surface area contributed by atoms with Gasteiger partial charge in [-0.2, -0.15) is 5.10 Å². The van der Waals surface area contributed by atoms with Gasteiger partial charge >= 0.3 is 0 Å². The van der Waals surface area contributed by atoms with Gasteiger partial charge in [-0.1, -0.05) is 24.3 Å². The Labute approximate surface area is 129 Å². The van der Waals surface area contributed by atoms with Gasteiger partial charge in [-0.05, 0) is 18.2 Å². The van der Waals surface area contributed by atoms with E-state index in [9.17, 15) is 4.39 Å². The average molecular weight is 302 g/mol. The number of para-hydroxylation sites is 1. The third-order valence-corrected chi connectivity index (χ3v) is 2.99. The molecule has 0 aliphatic heterocycles. The lowest BCUT2D eigenvalue weighted by molar-refractivity contribution is 0.279. The molecule has 0 aliphatic rings. The molecule has 0 saturated heterocycles. The van der Waals surface area contributed by atoms with Gasteiger partial charge in [0.05, 0.1) is 13.3 Å². The SMILES string of the molecule is COc1cccc(/C=N/N(C)C)c1OCc1ccccc1F. The Hall–Kier alpha value is -2.56. The summed E-state index contributed by atoms with van der Waals surface area (Å²) in [4.78, 5) is 0. The summed E-state index contributed by atoms with van der Waals surface area (Å²) < 4.78 is 24.8. The molecule has 0 unspecified atom stereocenters. The predicted octanol–water partition coefficient (Wildman–Crippen LogP) is 3.31. The Morgan fingerprint density at radius 2 is 1.91 bits per heavy atom. The average Bonchev–Trinajstić information content (AvgIpc) is 2.52. The second kappa shape index (κ2) is 7.45. The number of rotatable bonds is 6. The molecule has 0 saturated carbocycles. The van der Waals surface area contributed by atoms with Crippen LogP contribution in [0, 0.1) is 5.82 Å². The summed E-state index contributed by atoms with van der Waals surface area (Å²) in [5, 5.41) is 5.88. The number of halogens is 1. The Morgan fingerprint density at radius 1 is 1.14 bits per heavy atom. The Kier molecular flexibility index (Phi) is 5.36. The van der Waals surface area contributed by atoms with Crippen LogP contribution in [0.1, 0.15) is 11.1 Å². The number of hydrogen-bond acceptors (Lipinski definition) is 4. The molecular formula is C17H19FN2O2. The van der Waals surface area contributed by atoms with Gasteiger partial charge in [0.1, 0.15) is 12.4 Å². The van der Waals surface area contributed by atoms with Crippen molar-refractivity contribution in [2.75, 3.05) is 21.2 Å².